The molecular weight excluding hydrogens is 344 g/mol. The molecule has 1 atom stereocenters. The van der Waals surface area contributed by atoms with Crippen LogP contribution in [0.3, 0.4) is 0 Å². The van der Waals surface area contributed by atoms with Crippen molar-refractivity contribution in [2.75, 3.05) is 26.2 Å². The summed E-state index contributed by atoms with van der Waals surface area (Å²) in [5.41, 5.74) is 0.920. The summed E-state index contributed by atoms with van der Waals surface area (Å²) in [5, 5.41) is 3.80. The van der Waals surface area contributed by atoms with E-state index in [-0.39, 0.29) is 16.7 Å². The van der Waals surface area contributed by atoms with E-state index >= 15 is 0 Å². The number of piperazine rings is 1. The van der Waals surface area contributed by atoms with E-state index in [4.69, 9.17) is 0 Å². The monoisotopic (exact) mass is 366 g/mol. The summed E-state index contributed by atoms with van der Waals surface area (Å²) in [7, 11) is 0. The molecule has 0 radical (unpaired) electrons. The van der Waals surface area contributed by atoms with Gasteiger partial charge in [0.25, 0.3) is 5.56 Å². The zero-order valence-corrected chi connectivity index (χ0v) is 15.8. The number of hydrogen-bond donors (Lipinski definition) is 2. The van der Waals surface area contributed by atoms with Crippen molar-refractivity contribution in [2.45, 2.75) is 31.8 Å². The van der Waals surface area contributed by atoms with E-state index in [9.17, 15) is 9.59 Å². The molecule has 6 nitrogen and oxygen atoms in total. The zero-order valence-electron chi connectivity index (χ0n) is 14.1. The number of rotatable bonds is 4. The Morgan fingerprint density at radius 3 is 2.79 bits per heavy atom. The molecule has 0 saturated carbocycles. The molecule has 0 bridgehead atoms. The van der Waals surface area contributed by atoms with E-state index in [2.05, 4.69) is 15.3 Å². The lowest BCUT2D eigenvalue weighted by Gasteiger charge is -2.29. The molecule has 1 unspecified atom stereocenters. The minimum Gasteiger partial charge on any atom is -0.339 e. The van der Waals surface area contributed by atoms with Gasteiger partial charge in [-0.2, -0.15) is 0 Å². The number of aromatic amines is 1. The fraction of sp³-hybridized carbons (Fsp3) is 0.562. The number of nitrogens with zero attached hydrogens (tertiary/aromatic N) is 2. The van der Waals surface area contributed by atoms with Crippen molar-refractivity contribution in [3.05, 3.63) is 26.6 Å². The molecule has 1 fully saturated rings. The largest absolute Gasteiger partial charge is 0.339 e. The Morgan fingerprint density at radius 1 is 1.38 bits per heavy atom. The van der Waals surface area contributed by atoms with Crippen LogP contribution < -0.4 is 10.9 Å². The summed E-state index contributed by atoms with van der Waals surface area (Å²) in [6, 6.07) is 0. The van der Waals surface area contributed by atoms with Crippen LogP contribution in [0.5, 0.6) is 0 Å². The van der Waals surface area contributed by atoms with Gasteiger partial charge in [0.05, 0.1) is 16.4 Å². The second-order valence-electron chi connectivity index (χ2n) is 6.00. The van der Waals surface area contributed by atoms with Gasteiger partial charge < -0.3 is 15.2 Å². The first-order chi connectivity index (χ1) is 11.5. The highest BCUT2D eigenvalue weighted by Gasteiger charge is 2.22. The quantitative estimate of drug-likeness (QED) is 0.860. The first-order valence-corrected chi connectivity index (χ1v) is 9.94. The molecule has 8 heteroatoms. The maximum Gasteiger partial charge on any atom is 0.259 e. The highest BCUT2D eigenvalue weighted by molar-refractivity contribution is 7.99. The molecule has 2 aromatic heterocycles. The summed E-state index contributed by atoms with van der Waals surface area (Å²) in [5.74, 6) is 1.33. The number of H-pyrrole nitrogens is 1. The molecule has 1 amide bonds. The molecule has 2 N–H and O–H groups in total. The standard InChI is InChI=1S/C16H22N4O2S2/c1-9-10(2)24-15-13(9)14(21)18-12(19-15)8-23-11(3)16(22)20-6-4-17-5-7-20/h11,17H,4-8H2,1-3H3,(H,18,19,21). The Labute approximate surface area is 149 Å². The average molecular weight is 367 g/mol. The average Bonchev–Trinajstić information content (AvgIpc) is 2.87. The lowest BCUT2D eigenvalue weighted by Crippen LogP contribution is -2.48. The number of hydrogen-bond acceptors (Lipinski definition) is 6. The van der Waals surface area contributed by atoms with E-state index in [1.165, 1.54) is 11.8 Å². The Balaban J connectivity index is 1.69. The molecule has 0 aromatic carbocycles. The summed E-state index contributed by atoms with van der Waals surface area (Å²) >= 11 is 3.07. The van der Waals surface area contributed by atoms with Gasteiger partial charge in [0, 0.05) is 31.1 Å². The van der Waals surface area contributed by atoms with Gasteiger partial charge in [-0.1, -0.05) is 0 Å². The number of thioether (sulfide) groups is 1. The van der Waals surface area contributed by atoms with Gasteiger partial charge in [-0.05, 0) is 26.3 Å². The number of carbonyl (C=O) groups is 1. The SMILES string of the molecule is Cc1sc2nc(CSC(C)C(=O)N3CCNCC3)[nH]c(=O)c2c1C. The van der Waals surface area contributed by atoms with Crippen LogP contribution in [0.25, 0.3) is 10.2 Å². The van der Waals surface area contributed by atoms with Gasteiger partial charge in [-0.15, -0.1) is 23.1 Å². The lowest BCUT2D eigenvalue weighted by atomic mass is 10.2. The van der Waals surface area contributed by atoms with Gasteiger partial charge in [0.1, 0.15) is 10.7 Å². The maximum atomic E-state index is 12.4. The van der Waals surface area contributed by atoms with Crippen molar-refractivity contribution in [1.82, 2.24) is 20.2 Å². The van der Waals surface area contributed by atoms with E-state index in [1.807, 2.05) is 25.7 Å². The third kappa shape index (κ3) is 3.50. The van der Waals surface area contributed by atoms with Crippen molar-refractivity contribution in [1.29, 1.82) is 0 Å². The smallest absolute Gasteiger partial charge is 0.259 e. The van der Waals surface area contributed by atoms with Crippen LogP contribution in [-0.4, -0.2) is 52.2 Å². The normalized spacial score (nSPS) is 16.5. The minimum absolute atomic E-state index is 0.0847. The minimum atomic E-state index is -0.143. The fourth-order valence-electron chi connectivity index (χ4n) is 2.79. The molecule has 2 aromatic rings. The van der Waals surface area contributed by atoms with Crippen molar-refractivity contribution < 1.29 is 4.79 Å². The van der Waals surface area contributed by atoms with Crippen LogP contribution in [0, 0.1) is 13.8 Å². The molecule has 3 heterocycles. The van der Waals surface area contributed by atoms with E-state index in [0.717, 1.165) is 41.5 Å². The third-order valence-corrected chi connectivity index (χ3v) is 6.58. The molecule has 1 saturated heterocycles. The number of carbonyl (C=O) groups excluding carboxylic acids is 1. The van der Waals surface area contributed by atoms with E-state index in [1.54, 1.807) is 11.3 Å². The predicted octanol–water partition coefficient (Wildman–Crippen LogP) is 1.65. The Morgan fingerprint density at radius 2 is 2.08 bits per heavy atom. The topological polar surface area (TPSA) is 78.1 Å². The van der Waals surface area contributed by atoms with Crippen molar-refractivity contribution in [3.8, 4) is 0 Å². The Hall–Kier alpha value is -1.38. The van der Waals surface area contributed by atoms with Crippen LogP contribution in [-0.2, 0) is 10.5 Å². The second kappa shape index (κ2) is 7.25. The second-order valence-corrected chi connectivity index (χ2v) is 8.54. The van der Waals surface area contributed by atoms with E-state index in [0.29, 0.717) is 17.0 Å². The number of nitrogens with one attached hydrogen (secondary N) is 2. The van der Waals surface area contributed by atoms with Crippen molar-refractivity contribution in [3.63, 3.8) is 0 Å². The number of aromatic nitrogens is 2. The molecule has 24 heavy (non-hydrogen) atoms. The number of aryl methyl sites for hydroxylation is 2. The maximum absolute atomic E-state index is 12.4. The van der Waals surface area contributed by atoms with Gasteiger partial charge >= 0.3 is 0 Å². The predicted molar refractivity (Wildman–Crippen MR) is 99.9 cm³/mol. The van der Waals surface area contributed by atoms with Gasteiger partial charge in [-0.3, -0.25) is 9.59 Å². The van der Waals surface area contributed by atoms with Gasteiger partial charge in [0.2, 0.25) is 5.91 Å². The summed E-state index contributed by atoms with van der Waals surface area (Å²) in [4.78, 5) is 35.9. The Bertz CT molecular complexity index is 808. The number of fused-ring (bicyclic) bond motifs is 1. The van der Waals surface area contributed by atoms with Crippen molar-refractivity contribution >= 4 is 39.2 Å². The molecule has 1 aliphatic rings. The molecule has 1 aliphatic heterocycles. The fourth-order valence-corrected chi connectivity index (χ4v) is 4.67. The van der Waals surface area contributed by atoms with Gasteiger partial charge in [-0.25, -0.2) is 4.98 Å². The summed E-state index contributed by atoms with van der Waals surface area (Å²) in [6.07, 6.45) is 0. The highest BCUT2D eigenvalue weighted by Crippen LogP contribution is 2.26. The number of amides is 1. The molecule has 0 spiro atoms. The lowest BCUT2D eigenvalue weighted by molar-refractivity contribution is -0.130. The number of thiophene rings is 1. The first kappa shape index (κ1) is 17.4. The molecule has 3 rings (SSSR count). The summed E-state index contributed by atoms with van der Waals surface area (Å²) < 4.78 is 0. The molecule has 0 aliphatic carbocycles. The Kier molecular flexibility index (Phi) is 5.27. The van der Waals surface area contributed by atoms with E-state index < -0.39 is 0 Å². The van der Waals surface area contributed by atoms with Gasteiger partial charge in [0.15, 0.2) is 0 Å². The molecule has 130 valence electrons. The van der Waals surface area contributed by atoms with Crippen LogP contribution in [0.4, 0.5) is 0 Å². The van der Waals surface area contributed by atoms with Crippen LogP contribution in [0.1, 0.15) is 23.2 Å². The third-order valence-electron chi connectivity index (χ3n) is 4.33. The first-order valence-electron chi connectivity index (χ1n) is 8.07. The summed E-state index contributed by atoms with van der Waals surface area (Å²) in [6.45, 7) is 9.11. The van der Waals surface area contributed by atoms with Crippen LogP contribution >= 0.6 is 23.1 Å². The van der Waals surface area contributed by atoms with Crippen LogP contribution in [0.2, 0.25) is 0 Å². The van der Waals surface area contributed by atoms with Crippen molar-refractivity contribution in [2.24, 2.45) is 0 Å². The zero-order chi connectivity index (χ0) is 17.3. The van der Waals surface area contributed by atoms with Crippen LogP contribution in [0.15, 0.2) is 4.79 Å². The highest BCUT2D eigenvalue weighted by atomic mass is 32.2. The molecular formula is C16H22N4O2S2.